The van der Waals surface area contributed by atoms with Gasteiger partial charge in [0, 0.05) is 35.7 Å². The van der Waals surface area contributed by atoms with E-state index in [1.807, 2.05) is 0 Å². The smallest absolute Gasteiger partial charge is 0.270 e. The van der Waals surface area contributed by atoms with Crippen molar-refractivity contribution in [1.82, 2.24) is 4.98 Å². The lowest BCUT2D eigenvalue weighted by atomic mass is 9.92. The Kier molecular flexibility index (Phi) is 4.18. The van der Waals surface area contributed by atoms with Crippen molar-refractivity contribution in [3.63, 3.8) is 0 Å². The summed E-state index contributed by atoms with van der Waals surface area (Å²) in [6.45, 7) is 1.49. The van der Waals surface area contributed by atoms with Gasteiger partial charge < -0.3 is 0 Å². The Balaban J connectivity index is 2.25. The number of hydrogen-bond acceptors (Lipinski definition) is 5. The zero-order chi connectivity index (χ0) is 15.4. The van der Waals surface area contributed by atoms with Gasteiger partial charge in [0.05, 0.1) is 10.8 Å². The molecular formula is C15H12N2O4. The number of hydrogen-bond donors (Lipinski definition) is 0. The molecule has 0 saturated heterocycles. The first-order valence-corrected chi connectivity index (χ1v) is 6.23. The SMILES string of the molecule is CC(C(=O)c1ccncc1)C(=O)c1cccc([N+](=O)[O-])c1. The number of pyridine rings is 1. The molecule has 1 heterocycles. The van der Waals surface area contributed by atoms with Crippen LogP contribution in [-0.2, 0) is 0 Å². The van der Waals surface area contributed by atoms with E-state index < -0.39 is 16.6 Å². The first-order chi connectivity index (χ1) is 10.0. The molecule has 1 aromatic heterocycles. The van der Waals surface area contributed by atoms with E-state index in [0.717, 1.165) is 0 Å². The lowest BCUT2D eigenvalue weighted by Crippen LogP contribution is -2.21. The van der Waals surface area contributed by atoms with Crippen molar-refractivity contribution in [3.05, 3.63) is 70.0 Å². The van der Waals surface area contributed by atoms with Crippen molar-refractivity contribution in [2.45, 2.75) is 6.92 Å². The standard InChI is InChI=1S/C15H12N2O4/c1-10(14(18)11-5-7-16-8-6-11)15(19)12-3-2-4-13(9-12)17(20)21/h2-10H,1H3. The summed E-state index contributed by atoms with van der Waals surface area (Å²) in [5.74, 6) is -1.69. The number of non-ortho nitro benzene ring substituents is 1. The predicted molar refractivity (Wildman–Crippen MR) is 75.2 cm³/mol. The second-order valence-corrected chi connectivity index (χ2v) is 4.49. The van der Waals surface area contributed by atoms with Gasteiger partial charge in [-0.25, -0.2) is 0 Å². The summed E-state index contributed by atoms with van der Waals surface area (Å²) in [6.07, 6.45) is 2.94. The van der Waals surface area contributed by atoms with E-state index >= 15 is 0 Å². The summed E-state index contributed by atoms with van der Waals surface area (Å²) in [4.78, 5) is 38.4. The van der Waals surface area contributed by atoms with Crippen LogP contribution in [-0.4, -0.2) is 21.5 Å². The Morgan fingerprint density at radius 3 is 2.33 bits per heavy atom. The molecule has 0 N–H and O–H groups in total. The van der Waals surface area contributed by atoms with E-state index in [9.17, 15) is 19.7 Å². The summed E-state index contributed by atoms with van der Waals surface area (Å²) >= 11 is 0. The van der Waals surface area contributed by atoms with Crippen LogP contribution in [0, 0.1) is 16.0 Å². The minimum atomic E-state index is -0.908. The summed E-state index contributed by atoms with van der Waals surface area (Å²) in [6, 6.07) is 8.42. The lowest BCUT2D eigenvalue weighted by molar-refractivity contribution is -0.384. The zero-order valence-corrected chi connectivity index (χ0v) is 11.2. The van der Waals surface area contributed by atoms with E-state index in [4.69, 9.17) is 0 Å². The number of nitro groups is 1. The van der Waals surface area contributed by atoms with Crippen molar-refractivity contribution in [2.24, 2.45) is 5.92 Å². The molecule has 21 heavy (non-hydrogen) atoms. The fraction of sp³-hybridized carbons (Fsp3) is 0.133. The average molecular weight is 284 g/mol. The zero-order valence-electron chi connectivity index (χ0n) is 11.2. The average Bonchev–Trinajstić information content (AvgIpc) is 2.53. The molecule has 106 valence electrons. The van der Waals surface area contributed by atoms with Crippen molar-refractivity contribution in [2.75, 3.05) is 0 Å². The fourth-order valence-corrected chi connectivity index (χ4v) is 1.91. The Hall–Kier alpha value is -2.89. The third-order valence-corrected chi connectivity index (χ3v) is 3.09. The molecular weight excluding hydrogens is 272 g/mol. The Morgan fingerprint density at radius 2 is 1.71 bits per heavy atom. The largest absolute Gasteiger partial charge is 0.293 e. The number of nitro benzene ring substituents is 1. The third kappa shape index (κ3) is 3.17. The summed E-state index contributed by atoms with van der Waals surface area (Å²) in [5.41, 5.74) is 0.361. The number of aromatic nitrogens is 1. The van der Waals surface area contributed by atoms with Crippen LogP contribution in [0.4, 0.5) is 5.69 Å². The molecule has 2 aromatic rings. The highest BCUT2D eigenvalue weighted by Gasteiger charge is 2.24. The molecule has 0 fully saturated rings. The molecule has 2 rings (SSSR count). The molecule has 0 aliphatic carbocycles. The number of benzene rings is 1. The maximum atomic E-state index is 12.3. The van der Waals surface area contributed by atoms with Crippen LogP contribution >= 0.6 is 0 Å². The Morgan fingerprint density at radius 1 is 1.10 bits per heavy atom. The molecule has 0 radical (unpaired) electrons. The van der Waals surface area contributed by atoms with Crippen LogP contribution in [0.15, 0.2) is 48.8 Å². The molecule has 1 atom stereocenters. The molecule has 0 aliphatic heterocycles. The quantitative estimate of drug-likeness (QED) is 0.364. The maximum Gasteiger partial charge on any atom is 0.270 e. The Bertz CT molecular complexity index is 698. The van der Waals surface area contributed by atoms with Gasteiger partial charge in [0.1, 0.15) is 0 Å². The van der Waals surface area contributed by atoms with Crippen LogP contribution in [0.5, 0.6) is 0 Å². The van der Waals surface area contributed by atoms with Gasteiger partial charge in [-0.1, -0.05) is 12.1 Å². The van der Waals surface area contributed by atoms with Gasteiger partial charge in [0.2, 0.25) is 0 Å². The molecule has 0 spiro atoms. The molecule has 0 amide bonds. The Labute approximate surface area is 120 Å². The number of rotatable bonds is 5. The number of Topliss-reactive ketones (excluding diaryl/α,β-unsaturated/α-hetero) is 2. The number of nitrogens with zero attached hydrogens (tertiary/aromatic N) is 2. The van der Waals surface area contributed by atoms with Gasteiger partial charge in [0.25, 0.3) is 5.69 Å². The second kappa shape index (κ2) is 6.04. The minimum Gasteiger partial charge on any atom is -0.293 e. The van der Waals surface area contributed by atoms with Gasteiger partial charge >= 0.3 is 0 Å². The van der Waals surface area contributed by atoms with E-state index in [1.165, 1.54) is 55.7 Å². The number of carbonyl (C=O) groups excluding carboxylic acids is 2. The van der Waals surface area contributed by atoms with Crippen LogP contribution < -0.4 is 0 Å². The van der Waals surface area contributed by atoms with Gasteiger partial charge in [-0.05, 0) is 19.1 Å². The maximum absolute atomic E-state index is 12.3. The highest BCUT2D eigenvalue weighted by molar-refractivity contribution is 6.15. The van der Waals surface area contributed by atoms with Crippen LogP contribution in [0.1, 0.15) is 27.6 Å². The molecule has 6 heteroatoms. The van der Waals surface area contributed by atoms with Gasteiger partial charge in [-0.2, -0.15) is 0 Å². The van der Waals surface area contributed by atoms with E-state index in [1.54, 1.807) is 0 Å². The van der Waals surface area contributed by atoms with E-state index in [-0.39, 0.29) is 17.0 Å². The number of ketones is 2. The van der Waals surface area contributed by atoms with Crippen LogP contribution in [0.25, 0.3) is 0 Å². The topological polar surface area (TPSA) is 90.2 Å². The molecule has 0 saturated carbocycles. The third-order valence-electron chi connectivity index (χ3n) is 3.09. The molecule has 1 unspecified atom stereocenters. The first-order valence-electron chi connectivity index (χ1n) is 6.23. The molecule has 6 nitrogen and oxygen atoms in total. The van der Waals surface area contributed by atoms with E-state index in [2.05, 4.69) is 4.98 Å². The second-order valence-electron chi connectivity index (χ2n) is 4.49. The van der Waals surface area contributed by atoms with Gasteiger partial charge in [-0.3, -0.25) is 24.7 Å². The normalized spacial score (nSPS) is 11.7. The lowest BCUT2D eigenvalue weighted by Gasteiger charge is -2.09. The summed E-state index contributed by atoms with van der Waals surface area (Å²) in [5, 5.41) is 10.7. The molecule has 0 bridgehead atoms. The minimum absolute atomic E-state index is 0.152. The van der Waals surface area contributed by atoms with Gasteiger partial charge in [-0.15, -0.1) is 0 Å². The van der Waals surface area contributed by atoms with Crippen molar-refractivity contribution < 1.29 is 14.5 Å². The highest BCUT2D eigenvalue weighted by atomic mass is 16.6. The van der Waals surface area contributed by atoms with Gasteiger partial charge in [0.15, 0.2) is 11.6 Å². The molecule has 1 aromatic carbocycles. The summed E-state index contributed by atoms with van der Waals surface area (Å²) in [7, 11) is 0. The summed E-state index contributed by atoms with van der Waals surface area (Å²) < 4.78 is 0. The van der Waals surface area contributed by atoms with Crippen molar-refractivity contribution in [3.8, 4) is 0 Å². The molecule has 0 aliphatic rings. The van der Waals surface area contributed by atoms with Crippen molar-refractivity contribution >= 4 is 17.3 Å². The van der Waals surface area contributed by atoms with Crippen LogP contribution in [0.3, 0.4) is 0 Å². The number of carbonyl (C=O) groups is 2. The predicted octanol–water partition coefficient (Wildman–Crippen LogP) is 2.69. The highest BCUT2D eigenvalue weighted by Crippen LogP contribution is 2.18. The van der Waals surface area contributed by atoms with Crippen molar-refractivity contribution in [1.29, 1.82) is 0 Å². The van der Waals surface area contributed by atoms with Crippen LogP contribution in [0.2, 0.25) is 0 Å². The first kappa shape index (κ1) is 14.5. The van der Waals surface area contributed by atoms with E-state index in [0.29, 0.717) is 5.56 Å². The monoisotopic (exact) mass is 284 g/mol. The fourth-order valence-electron chi connectivity index (χ4n) is 1.91.